The summed E-state index contributed by atoms with van der Waals surface area (Å²) in [5, 5.41) is 8.09. The van der Waals surface area contributed by atoms with Gasteiger partial charge in [-0.15, -0.1) is 10.2 Å². The summed E-state index contributed by atoms with van der Waals surface area (Å²) in [5.41, 5.74) is -2.51. The number of halogens is 5. The molecule has 14 heteroatoms. The molecule has 3 aromatic rings. The summed E-state index contributed by atoms with van der Waals surface area (Å²) >= 11 is 0. The van der Waals surface area contributed by atoms with Crippen LogP contribution in [0.3, 0.4) is 0 Å². The van der Waals surface area contributed by atoms with Crippen molar-refractivity contribution < 1.29 is 31.5 Å². The molecule has 9 nitrogen and oxygen atoms in total. The molecule has 0 aromatic carbocycles. The molecular formula is C18H12F5N7O2. The molecule has 1 saturated heterocycles. The molecule has 3 aromatic heterocycles. The number of nitrogens with zero attached hydrogens (tertiary/aromatic N) is 7. The van der Waals surface area contributed by atoms with Crippen molar-refractivity contribution in [3.05, 3.63) is 53.4 Å². The minimum absolute atomic E-state index is 0.0243. The highest BCUT2D eigenvalue weighted by atomic mass is 19.4. The Bertz CT molecular complexity index is 1200. The average molecular weight is 453 g/mol. The molecule has 1 fully saturated rings. The van der Waals surface area contributed by atoms with E-state index in [0.29, 0.717) is 0 Å². The smallest absolute Gasteiger partial charge is 0.377 e. The third kappa shape index (κ3) is 3.18. The predicted molar refractivity (Wildman–Crippen MR) is 93.7 cm³/mol. The van der Waals surface area contributed by atoms with E-state index >= 15 is 0 Å². The highest BCUT2D eigenvalue weighted by Crippen LogP contribution is 2.37. The largest absolute Gasteiger partial charge is 0.436 e. The Morgan fingerprint density at radius 3 is 2.56 bits per heavy atom. The molecule has 5 heterocycles. The number of pyridine rings is 1. The van der Waals surface area contributed by atoms with Gasteiger partial charge in [0.25, 0.3) is 5.91 Å². The zero-order valence-electron chi connectivity index (χ0n) is 15.9. The molecule has 0 radical (unpaired) electrons. The lowest BCUT2D eigenvalue weighted by Crippen LogP contribution is -2.56. The summed E-state index contributed by atoms with van der Waals surface area (Å²) in [5.74, 6) is -2.70. The van der Waals surface area contributed by atoms with Crippen LogP contribution in [0.5, 0.6) is 0 Å². The summed E-state index contributed by atoms with van der Waals surface area (Å²) in [6, 6.07) is -0.579. The number of carbonyl (C=O) groups excluding carboxylic acids is 1. The molecule has 0 saturated carbocycles. The van der Waals surface area contributed by atoms with Gasteiger partial charge in [0, 0.05) is 12.7 Å². The molecule has 2 unspecified atom stereocenters. The molecule has 0 aliphatic carbocycles. The minimum atomic E-state index is -5.05. The van der Waals surface area contributed by atoms with Crippen LogP contribution in [0.1, 0.15) is 27.9 Å². The lowest BCUT2D eigenvalue weighted by atomic mass is 10.0. The van der Waals surface area contributed by atoms with Crippen LogP contribution >= 0.6 is 0 Å². The van der Waals surface area contributed by atoms with E-state index in [0.717, 1.165) is 24.7 Å². The molecule has 1 amide bonds. The normalized spacial score (nSPS) is 20.2. The first-order valence-electron chi connectivity index (χ1n) is 9.29. The van der Waals surface area contributed by atoms with Crippen molar-refractivity contribution in [1.82, 2.24) is 34.6 Å². The Balaban J connectivity index is 1.54. The van der Waals surface area contributed by atoms with Crippen LogP contribution in [0.2, 0.25) is 0 Å². The topological polar surface area (TPSA) is 98.9 Å². The van der Waals surface area contributed by atoms with Gasteiger partial charge in [0.1, 0.15) is 6.04 Å². The van der Waals surface area contributed by atoms with Crippen LogP contribution in [0.25, 0.3) is 11.6 Å². The van der Waals surface area contributed by atoms with Crippen molar-refractivity contribution in [1.29, 1.82) is 0 Å². The highest BCUT2D eigenvalue weighted by molar-refractivity contribution is 5.95. The van der Waals surface area contributed by atoms with Crippen LogP contribution < -0.4 is 0 Å². The number of carbonyl (C=O) groups is 1. The lowest BCUT2D eigenvalue weighted by molar-refractivity contribution is -0.143. The van der Waals surface area contributed by atoms with Crippen LogP contribution in [-0.2, 0) is 17.5 Å². The molecule has 2 aliphatic heterocycles. The Morgan fingerprint density at radius 2 is 1.84 bits per heavy atom. The lowest BCUT2D eigenvalue weighted by Gasteiger charge is -2.45. The average Bonchev–Trinajstić information content (AvgIpc) is 3.16. The van der Waals surface area contributed by atoms with Gasteiger partial charge >= 0.3 is 6.18 Å². The molecule has 166 valence electrons. The van der Waals surface area contributed by atoms with E-state index in [1.807, 2.05) is 0 Å². The summed E-state index contributed by atoms with van der Waals surface area (Å²) in [4.78, 5) is 25.2. The number of fused-ring (bicyclic) bond motifs is 4. The molecule has 0 N–H and O–H groups in total. The van der Waals surface area contributed by atoms with E-state index in [2.05, 4.69) is 25.1 Å². The third-order valence-electron chi connectivity index (χ3n) is 5.23. The second kappa shape index (κ2) is 7.25. The van der Waals surface area contributed by atoms with Gasteiger partial charge in [0.15, 0.2) is 29.0 Å². The standard InChI is InChI=1S/C18H12F5N7O2/c19-8-3-25-14(26-4-8)16-28-27-15-11-7-32-6-9(5-29(15)16)30(11)17(31)10-1-2-24-13(12(10)20)18(21,22)23/h1-4,9,11H,5-7H2. The van der Waals surface area contributed by atoms with E-state index in [4.69, 9.17) is 4.74 Å². The fraction of sp³-hybridized carbons (Fsp3) is 0.333. The van der Waals surface area contributed by atoms with Gasteiger partial charge in [-0.3, -0.25) is 4.79 Å². The fourth-order valence-electron chi connectivity index (χ4n) is 3.87. The maximum absolute atomic E-state index is 14.6. The maximum Gasteiger partial charge on any atom is 0.436 e. The van der Waals surface area contributed by atoms with Gasteiger partial charge in [-0.2, -0.15) is 13.2 Å². The Labute approximate surface area is 175 Å². The highest BCUT2D eigenvalue weighted by Gasteiger charge is 2.46. The van der Waals surface area contributed by atoms with E-state index in [1.54, 1.807) is 4.57 Å². The van der Waals surface area contributed by atoms with Crippen LogP contribution in [0.4, 0.5) is 22.0 Å². The molecule has 32 heavy (non-hydrogen) atoms. The Morgan fingerprint density at radius 1 is 1.09 bits per heavy atom. The monoisotopic (exact) mass is 453 g/mol. The molecule has 0 spiro atoms. The number of hydrogen-bond donors (Lipinski definition) is 0. The van der Waals surface area contributed by atoms with Crippen molar-refractivity contribution in [2.45, 2.75) is 24.8 Å². The molecule has 2 bridgehead atoms. The van der Waals surface area contributed by atoms with E-state index in [9.17, 15) is 26.7 Å². The van der Waals surface area contributed by atoms with Gasteiger partial charge in [-0.1, -0.05) is 0 Å². The van der Waals surface area contributed by atoms with Gasteiger partial charge in [0.05, 0.1) is 37.2 Å². The summed E-state index contributed by atoms with van der Waals surface area (Å²) < 4.78 is 74.0. The number of morpholine rings is 1. The number of aromatic nitrogens is 6. The van der Waals surface area contributed by atoms with Gasteiger partial charge in [-0.25, -0.2) is 23.7 Å². The first-order valence-corrected chi connectivity index (χ1v) is 9.29. The van der Waals surface area contributed by atoms with Gasteiger partial charge in [-0.05, 0) is 6.07 Å². The fourth-order valence-corrected chi connectivity index (χ4v) is 3.87. The Hall–Kier alpha value is -3.55. The van der Waals surface area contributed by atoms with E-state index < -0.39 is 47.1 Å². The third-order valence-corrected chi connectivity index (χ3v) is 5.23. The number of ether oxygens (including phenoxy) is 1. The maximum atomic E-state index is 14.6. The zero-order valence-corrected chi connectivity index (χ0v) is 15.9. The minimum Gasteiger partial charge on any atom is -0.377 e. The van der Waals surface area contributed by atoms with Crippen molar-refractivity contribution >= 4 is 5.91 Å². The molecule has 5 rings (SSSR count). The van der Waals surface area contributed by atoms with Crippen molar-refractivity contribution in [2.24, 2.45) is 0 Å². The van der Waals surface area contributed by atoms with Gasteiger partial charge in [0.2, 0.25) is 5.82 Å². The first kappa shape index (κ1) is 20.4. The van der Waals surface area contributed by atoms with Crippen LogP contribution in [0.15, 0.2) is 24.7 Å². The van der Waals surface area contributed by atoms with Crippen molar-refractivity contribution in [2.75, 3.05) is 13.2 Å². The van der Waals surface area contributed by atoms with Crippen LogP contribution in [0, 0.1) is 11.6 Å². The van der Waals surface area contributed by atoms with Gasteiger partial charge < -0.3 is 14.2 Å². The molecule has 2 aliphatic rings. The summed E-state index contributed by atoms with van der Waals surface area (Å²) in [7, 11) is 0. The van der Waals surface area contributed by atoms with E-state index in [-0.39, 0.29) is 37.2 Å². The van der Waals surface area contributed by atoms with Crippen molar-refractivity contribution in [3.8, 4) is 11.6 Å². The van der Waals surface area contributed by atoms with Crippen molar-refractivity contribution in [3.63, 3.8) is 0 Å². The predicted octanol–water partition coefficient (Wildman–Crippen LogP) is 2.02. The number of hydrogen-bond acceptors (Lipinski definition) is 7. The molecule has 2 atom stereocenters. The van der Waals surface area contributed by atoms with Crippen LogP contribution in [-0.4, -0.2) is 59.8 Å². The second-order valence-corrected chi connectivity index (χ2v) is 7.16. The molecular weight excluding hydrogens is 441 g/mol. The Kier molecular flexibility index (Phi) is 4.62. The zero-order chi connectivity index (χ0) is 22.6. The number of rotatable bonds is 2. The summed E-state index contributed by atoms with van der Waals surface area (Å²) in [6.07, 6.45) is -2.37. The first-order chi connectivity index (χ1) is 15.3. The quantitative estimate of drug-likeness (QED) is 0.548. The number of alkyl halides is 3. The number of amides is 1. The van der Waals surface area contributed by atoms with E-state index in [1.165, 1.54) is 4.90 Å². The SMILES string of the molecule is O=C(c1ccnc(C(F)(F)F)c1F)N1C2COCC1c1nnc(-c3ncc(F)cn3)n1C2. The summed E-state index contributed by atoms with van der Waals surface area (Å²) in [6.45, 7) is 0.130. The second-order valence-electron chi connectivity index (χ2n) is 7.16.